The topological polar surface area (TPSA) is 106 Å². The average Bonchev–Trinajstić information content (AvgIpc) is 3.19. The van der Waals surface area contributed by atoms with Crippen LogP contribution in [0.4, 0.5) is 5.69 Å². The Kier molecular flexibility index (Phi) is 4.45. The summed E-state index contributed by atoms with van der Waals surface area (Å²) in [5, 5.41) is 9.74. The molecule has 4 N–H and O–H groups in total. The normalized spacial score (nSPS) is 17.6. The van der Waals surface area contributed by atoms with Crippen LogP contribution in [0.25, 0.3) is 11.4 Å². The molecule has 1 atom stereocenters. The zero-order valence-electron chi connectivity index (χ0n) is 12.2. The van der Waals surface area contributed by atoms with Gasteiger partial charge in [0.05, 0.1) is 19.1 Å². The lowest BCUT2D eigenvalue weighted by atomic mass is 10.1. The van der Waals surface area contributed by atoms with Gasteiger partial charge < -0.3 is 15.8 Å². The largest absolute Gasteiger partial charge is 0.378 e. The number of hydrogen-bond donors (Lipinski definition) is 3. The van der Waals surface area contributed by atoms with Gasteiger partial charge in [-0.15, -0.1) is 0 Å². The Morgan fingerprint density at radius 1 is 1.41 bits per heavy atom. The molecule has 116 valence electrons. The number of anilines is 1. The number of nitrogens with zero attached hydrogens (tertiary/aromatic N) is 2. The molecule has 3 rings (SSSR count). The SMILES string of the molecule is NCc1nc(-c2ccc(NC(=O)CC3CCCO3)cc2)n[nH]1. The van der Waals surface area contributed by atoms with Crippen LogP contribution in [0, 0.1) is 0 Å². The second-order valence-corrected chi connectivity index (χ2v) is 5.27. The predicted molar refractivity (Wildman–Crippen MR) is 81.9 cm³/mol. The highest BCUT2D eigenvalue weighted by Crippen LogP contribution is 2.19. The van der Waals surface area contributed by atoms with Gasteiger partial charge in [-0.2, -0.15) is 5.10 Å². The summed E-state index contributed by atoms with van der Waals surface area (Å²) in [5.41, 5.74) is 7.12. The van der Waals surface area contributed by atoms with Gasteiger partial charge in [0.15, 0.2) is 5.82 Å². The van der Waals surface area contributed by atoms with Crippen molar-refractivity contribution < 1.29 is 9.53 Å². The third-order valence-corrected chi connectivity index (χ3v) is 3.59. The summed E-state index contributed by atoms with van der Waals surface area (Å²) in [6.45, 7) is 1.08. The quantitative estimate of drug-likeness (QED) is 0.775. The third kappa shape index (κ3) is 3.49. The minimum Gasteiger partial charge on any atom is -0.378 e. The first-order valence-corrected chi connectivity index (χ1v) is 7.38. The summed E-state index contributed by atoms with van der Waals surface area (Å²) in [6, 6.07) is 7.40. The molecule has 1 fully saturated rings. The summed E-state index contributed by atoms with van der Waals surface area (Å²) in [4.78, 5) is 16.2. The monoisotopic (exact) mass is 301 g/mol. The Hall–Kier alpha value is -2.25. The number of H-pyrrole nitrogens is 1. The van der Waals surface area contributed by atoms with Gasteiger partial charge in [0.25, 0.3) is 0 Å². The van der Waals surface area contributed by atoms with Crippen molar-refractivity contribution in [2.24, 2.45) is 5.73 Å². The second kappa shape index (κ2) is 6.67. The van der Waals surface area contributed by atoms with Gasteiger partial charge in [0.1, 0.15) is 5.82 Å². The minimum atomic E-state index is -0.0250. The van der Waals surface area contributed by atoms with Gasteiger partial charge in [0, 0.05) is 17.9 Å². The molecule has 0 saturated carbocycles. The number of benzene rings is 1. The molecule has 1 aliphatic rings. The highest BCUT2D eigenvalue weighted by molar-refractivity contribution is 5.91. The van der Waals surface area contributed by atoms with E-state index in [9.17, 15) is 4.79 Å². The van der Waals surface area contributed by atoms with Crippen LogP contribution in [0.1, 0.15) is 25.1 Å². The van der Waals surface area contributed by atoms with Crippen molar-refractivity contribution in [1.82, 2.24) is 15.2 Å². The molecule has 1 unspecified atom stereocenters. The first-order valence-electron chi connectivity index (χ1n) is 7.38. The summed E-state index contributed by atoms with van der Waals surface area (Å²) >= 11 is 0. The van der Waals surface area contributed by atoms with E-state index < -0.39 is 0 Å². The number of ether oxygens (including phenoxy) is 1. The molecule has 0 aliphatic carbocycles. The molecular weight excluding hydrogens is 282 g/mol. The van der Waals surface area contributed by atoms with Crippen LogP contribution in [-0.4, -0.2) is 33.8 Å². The minimum absolute atomic E-state index is 0.0250. The van der Waals surface area contributed by atoms with E-state index in [0.29, 0.717) is 24.6 Å². The molecule has 0 radical (unpaired) electrons. The van der Waals surface area contributed by atoms with Crippen LogP contribution in [0.2, 0.25) is 0 Å². The molecular formula is C15H19N5O2. The molecule has 0 spiro atoms. The average molecular weight is 301 g/mol. The van der Waals surface area contributed by atoms with Crippen LogP contribution in [0.3, 0.4) is 0 Å². The number of rotatable bonds is 5. The Labute approximate surface area is 128 Å². The Bertz CT molecular complexity index is 632. The number of aromatic amines is 1. The lowest BCUT2D eigenvalue weighted by molar-refractivity contribution is -0.118. The Morgan fingerprint density at radius 2 is 2.23 bits per heavy atom. The van der Waals surface area contributed by atoms with Gasteiger partial charge in [-0.1, -0.05) is 0 Å². The van der Waals surface area contributed by atoms with Crippen molar-refractivity contribution in [3.05, 3.63) is 30.1 Å². The smallest absolute Gasteiger partial charge is 0.226 e. The van der Waals surface area contributed by atoms with Crippen molar-refractivity contribution in [3.63, 3.8) is 0 Å². The first-order chi connectivity index (χ1) is 10.7. The number of carbonyl (C=O) groups excluding carboxylic acids is 1. The van der Waals surface area contributed by atoms with Gasteiger partial charge in [0.2, 0.25) is 5.91 Å². The van der Waals surface area contributed by atoms with E-state index in [4.69, 9.17) is 10.5 Å². The highest BCUT2D eigenvalue weighted by atomic mass is 16.5. The van der Waals surface area contributed by atoms with E-state index in [1.165, 1.54) is 0 Å². The van der Waals surface area contributed by atoms with Gasteiger partial charge >= 0.3 is 0 Å². The number of aromatic nitrogens is 3. The van der Waals surface area contributed by atoms with Crippen molar-refractivity contribution in [3.8, 4) is 11.4 Å². The molecule has 7 heteroatoms. The Morgan fingerprint density at radius 3 is 2.86 bits per heavy atom. The van der Waals surface area contributed by atoms with Gasteiger partial charge in [-0.05, 0) is 37.1 Å². The standard InChI is InChI=1S/C15H19N5O2/c16-9-13-18-15(20-19-13)10-3-5-11(6-4-10)17-14(21)8-12-2-1-7-22-12/h3-6,12H,1-2,7-9,16H2,(H,17,21)(H,18,19,20). The van der Waals surface area contributed by atoms with E-state index in [2.05, 4.69) is 20.5 Å². The first kappa shape index (κ1) is 14.7. The fourth-order valence-electron chi connectivity index (χ4n) is 2.44. The highest BCUT2D eigenvalue weighted by Gasteiger charge is 2.19. The molecule has 2 aromatic rings. The lowest BCUT2D eigenvalue weighted by Gasteiger charge is -2.10. The van der Waals surface area contributed by atoms with Crippen molar-refractivity contribution >= 4 is 11.6 Å². The molecule has 1 aliphatic heterocycles. The van der Waals surface area contributed by atoms with E-state index in [1.807, 2.05) is 24.3 Å². The van der Waals surface area contributed by atoms with Crippen LogP contribution in [0.15, 0.2) is 24.3 Å². The maximum atomic E-state index is 11.9. The van der Waals surface area contributed by atoms with E-state index in [-0.39, 0.29) is 12.0 Å². The zero-order chi connectivity index (χ0) is 15.4. The molecule has 1 aromatic heterocycles. The van der Waals surface area contributed by atoms with Crippen LogP contribution in [0.5, 0.6) is 0 Å². The molecule has 1 amide bonds. The summed E-state index contributed by atoms with van der Waals surface area (Å²) < 4.78 is 5.46. The van der Waals surface area contributed by atoms with Crippen molar-refractivity contribution in [2.45, 2.75) is 31.9 Å². The molecule has 7 nitrogen and oxygen atoms in total. The van der Waals surface area contributed by atoms with Crippen molar-refractivity contribution in [2.75, 3.05) is 11.9 Å². The molecule has 22 heavy (non-hydrogen) atoms. The third-order valence-electron chi connectivity index (χ3n) is 3.59. The zero-order valence-corrected chi connectivity index (χ0v) is 12.2. The summed E-state index contributed by atoms with van der Waals surface area (Å²) in [6.07, 6.45) is 2.46. The lowest BCUT2D eigenvalue weighted by Crippen LogP contribution is -2.19. The van der Waals surface area contributed by atoms with Gasteiger partial charge in [-0.25, -0.2) is 4.98 Å². The maximum absolute atomic E-state index is 11.9. The fourth-order valence-corrected chi connectivity index (χ4v) is 2.44. The van der Waals surface area contributed by atoms with Crippen LogP contribution in [-0.2, 0) is 16.1 Å². The summed E-state index contributed by atoms with van der Waals surface area (Å²) in [7, 11) is 0. The van der Waals surface area contributed by atoms with Crippen molar-refractivity contribution in [1.29, 1.82) is 0 Å². The number of hydrogen-bond acceptors (Lipinski definition) is 5. The van der Waals surface area contributed by atoms with E-state index in [1.54, 1.807) is 0 Å². The number of nitrogens with two attached hydrogens (primary N) is 1. The van der Waals surface area contributed by atoms with E-state index in [0.717, 1.165) is 30.7 Å². The van der Waals surface area contributed by atoms with Crippen LogP contribution < -0.4 is 11.1 Å². The molecule has 1 saturated heterocycles. The molecule has 2 heterocycles. The number of nitrogens with one attached hydrogen (secondary N) is 2. The van der Waals surface area contributed by atoms with Crippen LogP contribution >= 0.6 is 0 Å². The second-order valence-electron chi connectivity index (χ2n) is 5.27. The number of amides is 1. The fraction of sp³-hybridized carbons (Fsp3) is 0.400. The predicted octanol–water partition coefficient (Wildman–Crippen LogP) is 1.44. The Balaban J connectivity index is 1.60. The summed E-state index contributed by atoms with van der Waals surface area (Å²) in [5.74, 6) is 1.21. The molecule has 0 bridgehead atoms. The maximum Gasteiger partial charge on any atom is 0.226 e. The number of carbonyl (C=O) groups is 1. The molecule has 1 aromatic carbocycles. The van der Waals surface area contributed by atoms with E-state index >= 15 is 0 Å². The van der Waals surface area contributed by atoms with Gasteiger partial charge in [-0.3, -0.25) is 9.89 Å².